The molecule has 8 amide bonds. The van der Waals surface area contributed by atoms with Gasteiger partial charge in [0.1, 0.15) is 24.2 Å². The van der Waals surface area contributed by atoms with E-state index in [4.69, 9.17) is 33.0 Å². The molecule has 23 nitrogen and oxygen atoms in total. The minimum absolute atomic E-state index is 0.220. The second-order valence-corrected chi connectivity index (χ2v) is 13.6. The van der Waals surface area contributed by atoms with Crippen LogP contribution in [0.15, 0.2) is 48.5 Å². The van der Waals surface area contributed by atoms with Gasteiger partial charge in [0, 0.05) is 12.2 Å². The Hall–Kier alpha value is -6.02. The highest BCUT2D eigenvalue weighted by atomic mass is 16.4. The van der Waals surface area contributed by atoms with Crippen LogP contribution in [0, 0.1) is 0 Å². The molecule has 2 aromatic rings. The van der Waals surface area contributed by atoms with Gasteiger partial charge < -0.3 is 80.4 Å². The first-order valence-corrected chi connectivity index (χ1v) is 18.8. The molecule has 0 aromatic heterocycles. The van der Waals surface area contributed by atoms with Crippen LogP contribution in [0.4, 0.5) is 0 Å². The largest absolute Gasteiger partial charge is 0.490 e. The highest BCUT2D eigenvalue weighted by molar-refractivity contribution is 6.43. The molecule has 0 fully saturated rings. The van der Waals surface area contributed by atoms with Crippen molar-refractivity contribution in [2.75, 3.05) is 13.2 Å². The third kappa shape index (κ3) is 16.7. The Balaban J connectivity index is 1.93. The number of nitrogens with two attached hydrogens (primary N) is 4. The Labute approximate surface area is 345 Å². The van der Waals surface area contributed by atoms with Crippen molar-refractivity contribution in [1.29, 1.82) is 0 Å². The fourth-order valence-electron chi connectivity index (χ4n) is 5.24. The molecule has 0 bridgehead atoms. The number of hydrogen-bond acceptors (Lipinski definition) is 15. The van der Waals surface area contributed by atoms with Crippen LogP contribution in [0.25, 0.3) is 11.1 Å². The molecule has 0 radical (unpaired) electrons. The average Bonchev–Trinajstić information content (AvgIpc) is 3.20. The van der Waals surface area contributed by atoms with Crippen LogP contribution in [0.3, 0.4) is 0 Å². The molecule has 328 valence electrons. The number of amides is 8. The Morgan fingerprint density at radius 2 is 1.25 bits per heavy atom. The van der Waals surface area contributed by atoms with Crippen LogP contribution in [-0.2, 0) is 40.0 Å². The number of aliphatic hydroxyl groups excluding tert-OH is 2. The fourth-order valence-corrected chi connectivity index (χ4v) is 5.24. The average molecular weight is 844 g/mol. The van der Waals surface area contributed by atoms with Crippen molar-refractivity contribution in [2.24, 2.45) is 22.9 Å². The molecule has 0 heterocycles. The lowest BCUT2D eigenvalue weighted by atomic mass is 9.86. The number of hydrogen-bond donors (Lipinski definition) is 15. The van der Waals surface area contributed by atoms with Gasteiger partial charge in [-0.15, -0.1) is 0 Å². The smallest absolute Gasteiger partial charge is 0.425 e. The van der Waals surface area contributed by atoms with E-state index in [0.717, 1.165) is 37.3 Å². The van der Waals surface area contributed by atoms with Gasteiger partial charge in [0.25, 0.3) is 17.7 Å². The molecule has 7 atom stereocenters. The number of nitrogens with one attached hydrogen (secondary N) is 7. The highest BCUT2D eigenvalue weighted by Crippen LogP contribution is 2.21. The number of carbonyl (C=O) groups excluding carboxylic acids is 8. The number of aliphatic hydroxyl groups is 2. The van der Waals surface area contributed by atoms with E-state index in [1.54, 1.807) is 24.3 Å². The molecule has 0 saturated carbocycles. The van der Waals surface area contributed by atoms with E-state index in [1.165, 1.54) is 5.56 Å². The summed E-state index contributed by atoms with van der Waals surface area (Å²) in [6.07, 6.45) is -3.17. The maximum Gasteiger partial charge on any atom is 0.490 e. The molecule has 0 saturated heterocycles. The van der Waals surface area contributed by atoms with Gasteiger partial charge in [-0.2, -0.15) is 0 Å². The second kappa shape index (κ2) is 24.8. The molecule has 24 heteroatoms. The first-order valence-electron chi connectivity index (χ1n) is 18.8. The molecule has 2 rings (SSSR count). The topological polar surface area (TPSA) is 406 Å². The number of carbonyl (C=O) groups is 8. The van der Waals surface area contributed by atoms with Crippen LogP contribution in [0.2, 0.25) is 0 Å². The summed E-state index contributed by atoms with van der Waals surface area (Å²) in [6, 6.07) is 8.22. The summed E-state index contributed by atoms with van der Waals surface area (Å²) in [7, 11) is -2.20. The minimum Gasteiger partial charge on any atom is -0.425 e. The lowest BCUT2D eigenvalue weighted by molar-refractivity contribution is -0.136. The number of benzene rings is 2. The fraction of sp³-hybridized carbons (Fsp3) is 0.444. The van der Waals surface area contributed by atoms with Crippen molar-refractivity contribution >= 4 is 54.4 Å². The summed E-state index contributed by atoms with van der Waals surface area (Å²) in [5.74, 6) is -8.39. The van der Waals surface area contributed by atoms with Crippen LogP contribution in [-0.4, -0.2) is 130 Å². The third-order valence-corrected chi connectivity index (χ3v) is 8.63. The predicted molar refractivity (Wildman–Crippen MR) is 214 cm³/mol. The van der Waals surface area contributed by atoms with Gasteiger partial charge in [-0.3, -0.25) is 38.4 Å². The van der Waals surface area contributed by atoms with Crippen LogP contribution >= 0.6 is 0 Å². The standard InChI is InChI=1S/C36H54BN11O12/c1-3-4-5-19-6-8-20(9-7-19)21-10-12-22(13-11-21)30(53)43-23(14-15-49)31(54)46-28(39)34(57)42-17-26(52)45-27(18(2)50)33(56)47-29(40)35(58)44-24(16-25(38)51)32(55)48-36(41)37(59)60/h6-13,18,23-24,27-29,36,49-50,59-60H,3-5,14-17,39-41H2,1-2H3,(H2,38,51)(H,42,57)(H,43,53)(H,44,58)(H,45,52)(H,46,54)(H,47,56)(H,48,55)/t18?,23-,24+,27+,28+,29-,36-/m1/s1. The SMILES string of the molecule is CCCCc1ccc(-c2ccc(C(=O)N[C@H](CCO)C(=O)N[C@H](N)C(=O)NCC(=O)N[C@H](C(=O)N[C@@H](N)C(=O)N[C@@H](CC(N)=O)C(=O)N[C@@H](N)B(O)O)C(C)O)cc2)cc1. The maximum atomic E-state index is 13.0. The predicted octanol–water partition coefficient (Wildman–Crippen LogP) is -6.27. The molecule has 0 aliphatic carbocycles. The summed E-state index contributed by atoms with van der Waals surface area (Å²) in [4.78, 5) is 101. The van der Waals surface area contributed by atoms with E-state index in [1.807, 2.05) is 28.1 Å². The quantitative estimate of drug-likeness (QED) is 0.0345. The molecule has 0 aliphatic rings. The van der Waals surface area contributed by atoms with E-state index >= 15 is 0 Å². The van der Waals surface area contributed by atoms with Crippen molar-refractivity contribution in [3.63, 3.8) is 0 Å². The van der Waals surface area contributed by atoms with Crippen LogP contribution in [0.5, 0.6) is 0 Å². The summed E-state index contributed by atoms with van der Waals surface area (Å²) >= 11 is 0. The summed E-state index contributed by atoms with van der Waals surface area (Å²) in [5.41, 5.74) is 25.2. The summed E-state index contributed by atoms with van der Waals surface area (Å²) in [5, 5.41) is 52.6. The molecule has 0 aliphatic heterocycles. The van der Waals surface area contributed by atoms with E-state index in [0.29, 0.717) is 0 Å². The van der Waals surface area contributed by atoms with Gasteiger partial charge >= 0.3 is 7.12 Å². The zero-order valence-electron chi connectivity index (χ0n) is 33.1. The summed E-state index contributed by atoms with van der Waals surface area (Å²) in [6.45, 7) is 1.87. The normalized spacial score (nSPS) is 14.3. The number of primary amides is 1. The van der Waals surface area contributed by atoms with Crippen molar-refractivity contribution in [3.05, 3.63) is 59.7 Å². The monoisotopic (exact) mass is 843 g/mol. The van der Waals surface area contributed by atoms with Crippen molar-refractivity contribution in [1.82, 2.24) is 37.2 Å². The van der Waals surface area contributed by atoms with Crippen molar-refractivity contribution in [3.8, 4) is 11.1 Å². The molecule has 19 N–H and O–H groups in total. The first kappa shape index (κ1) is 50.1. The van der Waals surface area contributed by atoms with E-state index in [2.05, 4.69) is 40.3 Å². The number of unbranched alkanes of at least 4 members (excludes halogenated alkanes) is 1. The number of aryl methyl sites for hydroxylation is 1. The van der Waals surface area contributed by atoms with E-state index < -0.39 is 117 Å². The van der Waals surface area contributed by atoms with Gasteiger partial charge in [0.15, 0.2) is 12.3 Å². The molecular formula is C36H54BN11O12. The van der Waals surface area contributed by atoms with E-state index in [-0.39, 0.29) is 12.0 Å². The van der Waals surface area contributed by atoms with Crippen LogP contribution in [0.1, 0.15) is 55.5 Å². The lowest BCUT2D eigenvalue weighted by Crippen LogP contribution is -2.63. The zero-order valence-corrected chi connectivity index (χ0v) is 33.1. The maximum absolute atomic E-state index is 13.0. The Kier molecular flexibility index (Phi) is 20.7. The Bertz CT molecular complexity index is 1800. The Morgan fingerprint density at radius 1 is 0.700 bits per heavy atom. The zero-order chi connectivity index (χ0) is 45.1. The summed E-state index contributed by atoms with van der Waals surface area (Å²) < 4.78 is 0. The van der Waals surface area contributed by atoms with Gasteiger partial charge in [-0.05, 0) is 55.0 Å². The van der Waals surface area contributed by atoms with Gasteiger partial charge in [0.05, 0.1) is 19.1 Å². The lowest BCUT2D eigenvalue weighted by Gasteiger charge is -2.25. The highest BCUT2D eigenvalue weighted by Gasteiger charge is 2.32. The van der Waals surface area contributed by atoms with E-state index in [9.17, 15) is 48.6 Å². The van der Waals surface area contributed by atoms with Crippen molar-refractivity contribution < 1.29 is 58.6 Å². The van der Waals surface area contributed by atoms with Gasteiger partial charge in [0.2, 0.25) is 29.5 Å². The first-order chi connectivity index (χ1) is 28.3. The second-order valence-electron chi connectivity index (χ2n) is 13.6. The molecule has 60 heavy (non-hydrogen) atoms. The third-order valence-electron chi connectivity index (χ3n) is 8.63. The Morgan fingerprint density at radius 3 is 1.78 bits per heavy atom. The minimum atomic E-state index is -2.20. The molecule has 0 spiro atoms. The molecular weight excluding hydrogens is 789 g/mol. The molecule has 2 aromatic carbocycles. The van der Waals surface area contributed by atoms with Gasteiger partial charge in [-0.1, -0.05) is 49.7 Å². The van der Waals surface area contributed by atoms with Crippen LogP contribution < -0.4 is 60.2 Å². The molecule has 1 unspecified atom stereocenters. The number of rotatable bonds is 24. The van der Waals surface area contributed by atoms with Crippen molar-refractivity contribution in [2.45, 2.75) is 88.6 Å². The van der Waals surface area contributed by atoms with Gasteiger partial charge in [-0.25, -0.2) is 0 Å².